The zero-order valence-electron chi connectivity index (χ0n) is 25.1. The Kier molecular flexibility index (Phi) is 11.1. The summed E-state index contributed by atoms with van der Waals surface area (Å²) in [4.78, 5) is 12.1. The van der Waals surface area contributed by atoms with Crippen molar-refractivity contribution >= 4 is 15.9 Å². The molecular formula is C32H35F6N3O4S. The maximum Gasteiger partial charge on any atom is 0.416 e. The fourth-order valence-electron chi connectivity index (χ4n) is 5.01. The van der Waals surface area contributed by atoms with E-state index in [0.29, 0.717) is 31.2 Å². The average molecular weight is 672 g/mol. The fourth-order valence-corrected chi connectivity index (χ4v) is 6.30. The van der Waals surface area contributed by atoms with E-state index in [9.17, 15) is 39.6 Å². The number of carbonyl (C=O) groups is 1. The fraction of sp³-hybridized carbons (Fsp3) is 0.406. The Morgan fingerprint density at radius 3 is 2.20 bits per heavy atom. The number of rotatable bonds is 12. The Bertz CT molecular complexity index is 1580. The summed E-state index contributed by atoms with van der Waals surface area (Å²) in [6.07, 6.45) is -9.51. The minimum Gasteiger partial charge on any atom is -0.493 e. The summed E-state index contributed by atoms with van der Waals surface area (Å²) >= 11 is 0. The van der Waals surface area contributed by atoms with Gasteiger partial charge in [-0.1, -0.05) is 56.3 Å². The Morgan fingerprint density at radius 2 is 1.59 bits per heavy atom. The molecule has 0 aromatic heterocycles. The Balaban J connectivity index is 1.54. The van der Waals surface area contributed by atoms with Gasteiger partial charge in [-0.25, -0.2) is 13.1 Å². The molecule has 3 N–H and O–H groups in total. The molecule has 46 heavy (non-hydrogen) atoms. The van der Waals surface area contributed by atoms with E-state index in [1.807, 2.05) is 18.2 Å². The molecule has 4 rings (SSSR count). The summed E-state index contributed by atoms with van der Waals surface area (Å²) in [6.45, 7) is 6.09. The van der Waals surface area contributed by atoms with E-state index in [-0.39, 0.29) is 23.8 Å². The van der Waals surface area contributed by atoms with Gasteiger partial charge in [0.25, 0.3) is 0 Å². The molecule has 0 bridgehead atoms. The van der Waals surface area contributed by atoms with Crippen LogP contribution in [0.3, 0.4) is 0 Å². The van der Waals surface area contributed by atoms with Crippen LogP contribution < -0.4 is 20.1 Å². The number of benzene rings is 3. The molecular weight excluding hydrogens is 636 g/mol. The molecule has 1 aliphatic rings. The maximum atomic E-state index is 13.4. The Morgan fingerprint density at radius 1 is 0.935 bits per heavy atom. The van der Waals surface area contributed by atoms with Crippen LogP contribution >= 0.6 is 0 Å². The molecule has 0 saturated carbocycles. The molecule has 14 heteroatoms. The third kappa shape index (κ3) is 9.46. The second-order valence-electron chi connectivity index (χ2n) is 11.5. The summed E-state index contributed by atoms with van der Waals surface area (Å²) < 4.78 is 115. The number of sulfonamides is 1. The van der Waals surface area contributed by atoms with E-state index in [2.05, 4.69) is 29.2 Å². The molecule has 2 atom stereocenters. The first-order valence-electron chi connectivity index (χ1n) is 14.7. The van der Waals surface area contributed by atoms with Gasteiger partial charge in [0.05, 0.1) is 34.7 Å². The number of nitrogens with one attached hydrogen (secondary N) is 3. The quantitative estimate of drug-likeness (QED) is 0.144. The first-order valence-corrected chi connectivity index (χ1v) is 16.1. The van der Waals surface area contributed by atoms with Crippen molar-refractivity contribution in [2.45, 2.75) is 69.0 Å². The van der Waals surface area contributed by atoms with Gasteiger partial charge in [0.15, 0.2) is 0 Å². The highest BCUT2D eigenvalue weighted by Gasteiger charge is 2.39. The third-order valence-electron chi connectivity index (χ3n) is 7.44. The number of amides is 1. The molecule has 250 valence electrons. The second-order valence-corrected chi connectivity index (χ2v) is 13.2. The second kappa shape index (κ2) is 14.4. The van der Waals surface area contributed by atoms with E-state index in [4.69, 9.17) is 4.74 Å². The lowest BCUT2D eigenvalue weighted by Crippen LogP contribution is -2.36. The van der Waals surface area contributed by atoms with Crippen molar-refractivity contribution in [3.63, 3.8) is 0 Å². The number of ether oxygens (including phenoxy) is 1. The van der Waals surface area contributed by atoms with Gasteiger partial charge in [-0.3, -0.25) is 4.79 Å². The summed E-state index contributed by atoms with van der Waals surface area (Å²) in [5.74, 6) is 0.585. The molecule has 1 aliphatic heterocycles. The summed E-state index contributed by atoms with van der Waals surface area (Å²) in [5.41, 5.74) is -1.54. The topological polar surface area (TPSA) is 96.5 Å². The molecule has 0 radical (unpaired) electrons. The van der Waals surface area contributed by atoms with Crippen LogP contribution in [0.2, 0.25) is 0 Å². The monoisotopic (exact) mass is 671 g/mol. The third-order valence-corrected chi connectivity index (χ3v) is 8.89. The van der Waals surface area contributed by atoms with Gasteiger partial charge in [-0.05, 0) is 54.3 Å². The van der Waals surface area contributed by atoms with Gasteiger partial charge in [-0.15, -0.1) is 0 Å². The minimum atomic E-state index is -5.24. The number of carbonyl (C=O) groups excluding carboxylic acids is 1. The van der Waals surface area contributed by atoms with E-state index in [1.54, 1.807) is 18.2 Å². The number of hydrogen-bond acceptors (Lipinski definition) is 5. The van der Waals surface area contributed by atoms with Crippen LogP contribution in [0.25, 0.3) is 0 Å². The molecule has 0 saturated heterocycles. The Labute approximate surface area is 263 Å². The molecule has 0 spiro atoms. The van der Waals surface area contributed by atoms with Crippen LogP contribution in [0.1, 0.15) is 73.0 Å². The highest BCUT2D eigenvalue weighted by atomic mass is 32.2. The highest BCUT2D eigenvalue weighted by molar-refractivity contribution is 7.89. The van der Waals surface area contributed by atoms with Crippen LogP contribution in [0.15, 0.2) is 71.6 Å². The number of fused-ring (bicyclic) bond motifs is 1. The molecule has 7 nitrogen and oxygen atoms in total. The largest absolute Gasteiger partial charge is 0.493 e. The SMILES string of the molecule is CC(C)CCNCc1ccc2c(c1)OCCC2NC(=O)CC(NS(=O)(=O)c1cc(C(F)(F)F)cc(C(F)(F)F)c1)c1ccccc1. The zero-order chi connectivity index (χ0) is 33.7. The van der Waals surface area contributed by atoms with Gasteiger partial charge in [0.1, 0.15) is 5.75 Å². The molecule has 1 heterocycles. The Hall–Kier alpha value is -3.62. The molecule has 1 amide bonds. The van der Waals surface area contributed by atoms with Crippen molar-refractivity contribution < 1.29 is 44.3 Å². The van der Waals surface area contributed by atoms with Crippen LogP contribution in [-0.2, 0) is 33.7 Å². The average Bonchev–Trinajstić information content (AvgIpc) is 2.98. The van der Waals surface area contributed by atoms with Crippen molar-refractivity contribution in [2.24, 2.45) is 5.92 Å². The van der Waals surface area contributed by atoms with Crippen molar-refractivity contribution in [1.29, 1.82) is 0 Å². The van der Waals surface area contributed by atoms with Gasteiger partial charge < -0.3 is 15.4 Å². The molecule has 3 aromatic rings. The van der Waals surface area contributed by atoms with Crippen molar-refractivity contribution in [3.8, 4) is 5.75 Å². The first kappa shape index (κ1) is 35.2. The number of alkyl halides is 6. The molecule has 0 fully saturated rings. The zero-order valence-corrected chi connectivity index (χ0v) is 26.0. The number of halogens is 6. The van der Waals surface area contributed by atoms with Crippen LogP contribution in [0.4, 0.5) is 26.3 Å². The number of hydrogen-bond donors (Lipinski definition) is 3. The predicted octanol–water partition coefficient (Wildman–Crippen LogP) is 6.91. The lowest BCUT2D eigenvalue weighted by atomic mass is 9.98. The minimum absolute atomic E-state index is 0.132. The van der Waals surface area contributed by atoms with Gasteiger partial charge in [0, 0.05) is 24.9 Å². The van der Waals surface area contributed by atoms with E-state index in [0.717, 1.165) is 24.1 Å². The maximum absolute atomic E-state index is 13.4. The van der Waals surface area contributed by atoms with Gasteiger partial charge in [-0.2, -0.15) is 26.3 Å². The smallest absolute Gasteiger partial charge is 0.416 e. The van der Waals surface area contributed by atoms with Crippen LogP contribution in [0.5, 0.6) is 5.75 Å². The first-order chi connectivity index (χ1) is 21.5. The predicted molar refractivity (Wildman–Crippen MR) is 159 cm³/mol. The van der Waals surface area contributed by atoms with E-state index in [1.165, 1.54) is 12.1 Å². The lowest BCUT2D eigenvalue weighted by Gasteiger charge is -2.28. The molecule has 0 aliphatic carbocycles. The highest BCUT2D eigenvalue weighted by Crippen LogP contribution is 2.38. The van der Waals surface area contributed by atoms with Gasteiger partial charge >= 0.3 is 12.4 Å². The van der Waals surface area contributed by atoms with Gasteiger partial charge in [0.2, 0.25) is 15.9 Å². The standard InChI is InChI=1S/C32H35F6N3O4S/c1-20(2)10-12-39-19-21-8-9-26-27(11-13-45-29(26)14-21)40-30(42)18-28(22-6-4-3-5-7-22)41-46(43,44)25-16-23(31(33,34)35)15-24(17-25)32(36,37)38/h3-9,14-17,20,27-28,39,41H,10-13,18-19H2,1-2H3,(H,40,42). The summed E-state index contributed by atoms with van der Waals surface area (Å²) in [6, 6.07) is 11.7. The van der Waals surface area contributed by atoms with Crippen molar-refractivity contribution in [2.75, 3.05) is 13.2 Å². The molecule has 2 unspecified atom stereocenters. The van der Waals surface area contributed by atoms with Crippen molar-refractivity contribution in [1.82, 2.24) is 15.4 Å². The summed E-state index contributed by atoms with van der Waals surface area (Å²) in [5, 5.41) is 6.25. The van der Waals surface area contributed by atoms with E-state index >= 15 is 0 Å². The lowest BCUT2D eigenvalue weighted by molar-refractivity contribution is -0.143. The van der Waals surface area contributed by atoms with Crippen LogP contribution in [-0.4, -0.2) is 27.5 Å². The van der Waals surface area contributed by atoms with Crippen molar-refractivity contribution in [3.05, 3.63) is 94.5 Å². The normalized spacial score (nSPS) is 16.1. The molecule has 3 aromatic carbocycles. The van der Waals surface area contributed by atoms with E-state index < -0.39 is 62.8 Å². The summed E-state index contributed by atoms with van der Waals surface area (Å²) in [7, 11) is -4.98. The van der Waals surface area contributed by atoms with Crippen LogP contribution in [0, 0.1) is 5.92 Å².